The van der Waals surface area contributed by atoms with Gasteiger partial charge < -0.3 is 10.6 Å². The van der Waals surface area contributed by atoms with Gasteiger partial charge in [-0.15, -0.1) is 0 Å². The molecule has 1 aromatic rings. The van der Waals surface area contributed by atoms with Gasteiger partial charge in [0.25, 0.3) is 0 Å². The molecule has 1 heterocycles. The summed E-state index contributed by atoms with van der Waals surface area (Å²) in [6.45, 7) is 3.12. The van der Waals surface area contributed by atoms with Crippen molar-refractivity contribution in [1.82, 2.24) is 9.80 Å². The number of nitrogens with two attached hydrogens (primary N) is 1. The monoisotopic (exact) mass is 277 g/mol. The molecule has 1 fully saturated rings. The molecule has 1 unspecified atom stereocenters. The molecule has 1 aromatic carbocycles. The summed E-state index contributed by atoms with van der Waals surface area (Å²) in [7, 11) is 0. The number of primary amides is 1. The van der Waals surface area contributed by atoms with Gasteiger partial charge in [0.15, 0.2) is 0 Å². The highest BCUT2D eigenvalue weighted by Crippen LogP contribution is 2.37. The molecule has 4 nitrogen and oxygen atoms in total. The Hall–Kier alpha value is -1.62. The molecule has 2 N–H and O–H groups in total. The Morgan fingerprint density at radius 1 is 1.25 bits per heavy atom. The van der Waals surface area contributed by atoms with Gasteiger partial charge >= 0.3 is 6.03 Å². The highest BCUT2D eigenvalue weighted by atomic mass is 19.1. The van der Waals surface area contributed by atoms with E-state index in [1.165, 1.54) is 0 Å². The average molecular weight is 277 g/mol. The van der Waals surface area contributed by atoms with Crippen molar-refractivity contribution < 1.29 is 9.18 Å². The van der Waals surface area contributed by atoms with E-state index in [9.17, 15) is 9.18 Å². The molecule has 1 atom stereocenters. The van der Waals surface area contributed by atoms with Crippen molar-refractivity contribution in [1.29, 1.82) is 0 Å². The summed E-state index contributed by atoms with van der Waals surface area (Å²) in [6, 6.07) is 5.31. The van der Waals surface area contributed by atoms with E-state index >= 15 is 0 Å². The number of hydrogen-bond acceptors (Lipinski definition) is 2. The summed E-state index contributed by atoms with van der Waals surface area (Å²) >= 11 is 0. The summed E-state index contributed by atoms with van der Waals surface area (Å²) in [5.41, 5.74) is 7.34. The standard InChI is InChI=1S/C15H20FN3O/c16-13-4-1-3-12-11(13)5-6-14(12)18-7-2-8-19(10-9-18)15(17)20/h1,3-4,14H,2,5-10H2,(H2,17,20). The van der Waals surface area contributed by atoms with Crippen LogP contribution in [0.5, 0.6) is 0 Å². The third-order valence-corrected chi connectivity index (χ3v) is 4.46. The maximum atomic E-state index is 13.8. The summed E-state index contributed by atoms with van der Waals surface area (Å²) < 4.78 is 13.8. The zero-order valence-corrected chi connectivity index (χ0v) is 11.5. The highest BCUT2D eigenvalue weighted by Gasteiger charge is 2.30. The summed E-state index contributed by atoms with van der Waals surface area (Å²) in [4.78, 5) is 15.3. The normalized spacial score (nSPS) is 23.4. The molecular formula is C15H20FN3O. The Labute approximate surface area is 118 Å². The first-order valence-corrected chi connectivity index (χ1v) is 7.22. The molecule has 5 heteroatoms. The molecule has 0 saturated carbocycles. The molecule has 0 aromatic heterocycles. The number of urea groups is 1. The number of fused-ring (bicyclic) bond motifs is 1. The topological polar surface area (TPSA) is 49.6 Å². The quantitative estimate of drug-likeness (QED) is 0.852. The SMILES string of the molecule is NC(=O)N1CCCN(C2CCc3c(F)cccc32)CC1. The van der Waals surface area contributed by atoms with Crippen molar-refractivity contribution >= 4 is 6.03 Å². The number of benzene rings is 1. The van der Waals surface area contributed by atoms with Crippen LogP contribution in [-0.2, 0) is 6.42 Å². The van der Waals surface area contributed by atoms with Crippen LogP contribution in [0.25, 0.3) is 0 Å². The Kier molecular flexibility index (Phi) is 3.61. The number of amides is 2. The minimum Gasteiger partial charge on any atom is -0.351 e. The molecule has 108 valence electrons. The fourth-order valence-electron chi connectivity index (χ4n) is 3.44. The molecule has 20 heavy (non-hydrogen) atoms. The molecular weight excluding hydrogens is 257 g/mol. The van der Waals surface area contributed by atoms with Crippen LogP contribution in [-0.4, -0.2) is 42.0 Å². The van der Waals surface area contributed by atoms with E-state index in [-0.39, 0.29) is 17.9 Å². The second-order valence-corrected chi connectivity index (χ2v) is 5.58. The maximum Gasteiger partial charge on any atom is 0.314 e. The van der Waals surface area contributed by atoms with Crippen molar-refractivity contribution in [3.8, 4) is 0 Å². The lowest BCUT2D eigenvalue weighted by Crippen LogP contribution is -2.39. The second-order valence-electron chi connectivity index (χ2n) is 5.58. The number of carbonyl (C=O) groups is 1. The van der Waals surface area contributed by atoms with Gasteiger partial charge in [-0.05, 0) is 36.5 Å². The van der Waals surface area contributed by atoms with Gasteiger partial charge in [0.05, 0.1) is 0 Å². The summed E-state index contributed by atoms with van der Waals surface area (Å²) in [5, 5.41) is 0. The maximum absolute atomic E-state index is 13.8. The number of carbonyl (C=O) groups excluding carboxylic acids is 1. The molecule has 0 bridgehead atoms. The van der Waals surface area contributed by atoms with Gasteiger partial charge in [-0.25, -0.2) is 9.18 Å². The summed E-state index contributed by atoms with van der Waals surface area (Å²) in [6.07, 6.45) is 2.69. The van der Waals surface area contributed by atoms with E-state index < -0.39 is 0 Å². The Morgan fingerprint density at radius 3 is 2.90 bits per heavy atom. The van der Waals surface area contributed by atoms with Crippen LogP contribution in [0.4, 0.5) is 9.18 Å². The van der Waals surface area contributed by atoms with Gasteiger partial charge in [0.1, 0.15) is 5.82 Å². The lowest BCUT2D eigenvalue weighted by molar-refractivity contribution is 0.192. The number of halogens is 1. The van der Waals surface area contributed by atoms with Crippen LogP contribution in [0.2, 0.25) is 0 Å². The zero-order valence-electron chi connectivity index (χ0n) is 11.5. The van der Waals surface area contributed by atoms with Crippen LogP contribution < -0.4 is 5.73 Å². The van der Waals surface area contributed by atoms with Crippen molar-refractivity contribution in [3.05, 3.63) is 35.1 Å². The van der Waals surface area contributed by atoms with Crippen LogP contribution >= 0.6 is 0 Å². The summed E-state index contributed by atoms with van der Waals surface area (Å²) in [5.74, 6) is -0.0846. The van der Waals surface area contributed by atoms with Crippen LogP contribution in [0, 0.1) is 5.82 Å². The lowest BCUT2D eigenvalue weighted by atomic mass is 10.1. The molecule has 1 aliphatic carbocycles. The first-order valence-electron chi connectivity index (χ1n) is 7.22. The molecule has 1 aliphatic heterocycles. The lowest BCUT2D eigenvalue weighted by Gasteiger charge is -2.28. The van der Waals surface area contributed by atoms with Gasteiger partial charge in [-0.2, -0.15) is 0 Å². The Morgan fingerprint density at radius 2 is 2.10 bits per heavy atom. The van der Waals surface area contributed by atoms with Crippen molar-refractivity contribution in [2.24, 2.45) is 5.73 Å². The largest absolute Gasteiger partial charge is 0.351 e. The van der Waals surface area contributed by atoms with Gasteiger partial charge in [0.2, 0.25) is 0 Å². The number of rotatable bonds is 1. The number of hydrogen-bond donors (Lipinski definition) is 1. The third kappa shape index (κ3) is 2.38. The minimum atomic E-state index is -0.343. The van der Waals surface area contributed by atoms with Gasteiger partial charge in [-0.1, -0.05) is 12.1 Å². The average Bonchev–Trinajstić information content (AvgIpc) is 2.70. The van der Waals surface area contributed by atoms with Crippen molar-refractivity contribution in [3.63, 3.8) is 0 Å². The van der Waals surface area contributed by atoms with Crippen molar-refractivity contribution in [2.45, 2.75) is 25.3 Å². The molecule has 0 spiro atoms. The third-order valence-electron chi connectivity index (χ3n) is 4.46. The smallest absolute Gasteiger partial charge is 0.314 e. The van der Waals surface area contributed by atoms with E-state index in [1.54, 1.807) is 17.0 Å². The minimum absolute atomic E-state index is 0.0846. The first kappa shape index (κ1) is 13.4. The van der Waals surface area contributed by atoms with E-state index in [2.05, 4.69) is 4.90 Å². The Balaban J connectivity index is 1.76. The fraction of sp³-hybridized carbons (Fsp3) is 0.533. The predicted octanol–water partition coefficient (Wildman–Crippen LogP) is 1.90. The van der Waals surface area contributed by atoms with Gasteiger partial charge in [0, 0.05) is 32.2 Å². The van der Waals surface area contributed by atoms with E-state index in [0.717, 1.165) is 43.5 Å². The fourth-order valence-corrected chi connectivity index (χ4v) is 3.44. The Bertz CT molecular complexity index is 520. The molecule has 3 rings (SSSR count). The molecule has 2 amide bonds. The predicted molar refractivity (Wildman–Crippen MR) is 74.8 cm³/mol. The highest BCUT2D eigenvalue weighted by molar-refractivity contribution is 5.71. The van der Waals surface area contributed by atoms with E-state index in [1.807, 2.05) is 6.07 Å². The second kappa shape index (κ2) is 5.40. The van der Waals surface area contributed by atoms with E-state index in [0.29, 0.717) is 13.1 Å². The molecule has 2 aliphatic rings. The van der Waals surface area contributed by atoms with Crippen LogP contribution in [0.1, 0.15) is 30.0 Å². The zero-order chi connectivity index (χ0) is 14.1. The molecule has 0 radical (unpaired) electrons. The first-order chi connectivity index (χ1) is 9.66. The van der Waals surface area contributed by atoms with Crippen LogP contribution in [0.15, 0.2) is 18.2 Å². The number of nitrogens with zero attached hydrogens (tertiary/aromatic N) is 2. The van der Waals surface area contributed by atoms with Gasteiger partial charge in [-0.3, -0.25) is 4.90 Å². The molecule has 1 saturated heterocycles. The van der Waals surface area contributed by atoms with E-state index in [4.69, 9.17) is 5.73 Å². The van der Waals surface area contributed by atoms with Crippen molar-refractivity contribution in [2.75, 3.05) is 26.2 Å². The van der Waals surface area contributed by atoms with Crippen LogP contribution in [0.3, 0.4) is 0 Å².